The van der Waals surface area contributed by atoms with E-state index in [2.05, 4.69) is 17.6 Å². The molecule has 4 heteroatoms. The van der Waals surface area contributed by atoms with Gasteiger partial charge in [-0.1, -0.05) is 23.8 Å². The van der Waals surface area contributed by atoms with E-state index in [1.807, 2.05) is 18.2 Å². The minimum atomic E-state index is 0.456. The number of methoxy groups -OCH3 is 1. The summed E-state index contributed by atoms with van der Waals surface area (Å²) in [5.41, 5.74) is 0.970. The van der Waals surface area contributed by atoms with Crippen molar-refractivity contribution >= 4 is 30.3 Å². The van der Waals surface area contributed by atoms with Crippen molar-refractivity contribution in [2.24, 2.45) is 0 Å². The topological polar surface area (TPSA) is 22.1 Å². The number of pyridine rings is 1. The van der Waals surface area contributed by atoms with Crippen LogP contribution in [0.15, 0.2) is 18.3 Å². The highest BCUT2D eigenvalue weighted by Gasteiger charge is 2.00. The highest BCUT2D eigenvalue weighted by Crippen LogP contribution is 2.22. The maximum Gasteiger partial charge on any atom is 0.232 e. The van der Waals surface area contributed by atoms with Crippen molar-refractivity contribution in [3.8, 4) is 5.88 Å². The van der Waals surface area contributed by atoms with Gasteiger partial charge in [0.15, 0.2) is 0 Å². The van der Waals surface area contributed by atoms with E-state index in [0.717, 1.165) is 17.7 Å². The summed E-state index contributed by atoms with van der Waals surface area (Å²) in [7, 11) is 1.55. The van der Waals surface area contributed by atoms with E-state index >= 15 is 0 Å². The number of halogens is 1. The smallest absolute Gasteiger partial charge is 0.232 e. The zero-order valence-corrected chi connectivity index (χ0v) is 9.55. The minimum absolute atomic E-state index is 0.456. The van der Waals surface area contributed by atoms with E-state index in [9.17, 15) is 0 Å². The number of nitrogens with zero attached hydrogens (tertiary/aromatic N) is 1. The third kappa shape index (κ3) is 3.24. The zero-order valence-electron chi connectivity index (χ0n) is 7.90. The van der Waals surface area contributed by atoms with Gasteiger partial charge in [0, 0.05) is 6.20 Å². The average Bonchev–Trinajstić information content (AvgIpc) is 2.18. The van der Waals surface area contributed by atoms with Gasteiger partial charge >= 0.3 is 0 Å². The van der Waals surface area contributed by atoms with Crippen LogP contribution < -0.4 is 4.74 Å². The molecule has 0 amide bonds. The summed E-state index contributed by atoms with van der Waals surface area (Å²) in [6, 6.07) is 1.82. The van der Waals surface area contributed by atoms with Gasteiger partial charge in [0.2, 0.25) is 5.88 Å². The van der Waals surface area contributed by atoms with Gasteiger partial charge in [-0.2, -0.15) is 12.6 Å². The van der Waals surface area contributed by atoms with Crippen LogP contribution in [0, 0.1) is 0 Å². The molecule has 0 aromatic carbocycles. The molecule has 0 N–H and O–H groups in total. The number of ether oxygens (including phenoxy) is 1. The summed E-state index contributed by atoms with van der Waals surface area (Å²) >= 11 is 10.0. The molecule has 0 aliphatic rings. The Hall–Kier alpha value is -0.670. The van der Waals surface area contributed by atoms with E-state index in [4.69, 9.17) is 16.3 Å². The van der Waals surface area contributed by atoms with Gasteiger partial charge in [-0.25, -0.2) is 4.98 Å². The number of hydrogen-bond donors (Lipinski definition) is 1. The van der Waals surface area contributed by atoms with Crippen molar-refractivity contribution in [1.82, 2.24) is 4.98 Å². The number of allylic oxidation sites excluding steroid dienone is 1. The Labute approximate surface area is 94.4 Å². The van der Waals surface area contributed by atoms with Crippen molar-refractivity contribution in [1.29, 1.82) is 0 Å². The number of rotatable bonds is 4. The van der Waals surface area contributed by atoms with Gasteiger partial charge in [-0.05, 0) is 23.8 Å². The molecule has 1 aromatic rings. The van der Waals surface area contributed by atoms with Crippen LogP contribution in [0.5, 0.6) is 5.88 Å². The van der Waals surface area contributed by atoms with E-state index in [1.165, 1.54) is 0 Å². The SMILES string of the molecule is COc1ncc(C=CCCS)cc1Cl. The maximum atomic E-state index is 5.91. The fraction of sp³-hybridized carbons (Fsp3) is 0.300. The quantitative estimate of drug-likeness (QED) is 0.802. The minimum Gasteiger partial charge on any atom is -0.480 e. The Kier molecular flexibility index (Phi) is 4.84. The molecule has 0 bridgehead atoms. The number of hydrogen-bond acceptors (Lipinski definition) is 3. The van der Waals surface area contributed by atoms with Gasteiger partial charge < -0.3 is 4.74 Å². The molecule has 0 aliphatic heterocycles. The summed E-state index contributed by atoms with van der Waals surface area (Å²) in [5, 5.41) is 0.528. The van der Waals surface area contributed by atoms with Crippen molar-refractivity contribution in [2.45, 2.75) is 6.42 Å². The zero-order chi connectivity index (χ0) is 10.4. The molecule has 0 aliphatic carbocycles. The fourth-order valence-corrected chi connectivity index (χ4v) is 1.38. The molecule has 0 atom stereocenters. The second kappa shape index (κ2) is 5.94. The number of thiol groups is 1. The summed E-state index contributed by atoms with van der Waals surface area (Å²) in [5.74, 6) is 1.30. The Morgan fingerprint density at radius 2 is 2.43 bits per heavy atom. The fourth-order valence-electron chi connectivity index (χ4n) is 0.975. The van der Waals surface area contributed by atoms with Crippen molar-refractivity contribution in [2.75, 3.05) is 12.9 Å². The van der Waals surface area contributed by atoms with Crippen molar-refractivity contribution < 1.29 is 4.74 Å². The molecule has 0 saturated heterocycles. The van der Waals surface area contributed by atoms with E-state index in [0.29, 0.717) is 10.9 Å². The molecular weight excluding hydrogens is 218 g/mol. The molecule has 0 saturated carbocycles. The highest BCUT2D eigenvalue weighted by molar-refractivity contribution is 7.80. The third-order valence-corrected chi connectivity index (χ3v) is 2.16. The standard InChI is InChI=1S/C10H12ClNOS/c1-13-10-9(11)6-8(7-12-10)4-2-3-5-14/h2,4,6-7,14H,3,5H2,1H3. The van der Waals surface area contributed by atoms with Crippen LogP contribution in [0.1, 0.15) is 12.0 Å². The Morgan fingerprint density at radius 1 is 1.64 bits per heavy atom. The lowest BCUT2D eigenvalue weighted by Crippen LogP contribution is -1.88. The predicted octanol–water partition coefficient (Wildman–Crippen LogP) is 3.08. The predicted molar refractivity (Wildman–Crippen MR) is 63.3 cm³/mol. The third-order valence-electron chi connectivity index (χ3n) is 1.63. The lowest BCUT2D eigenvalue weighted by atomic mass is 10.2. The molecule has 0 fully saturated rings. The monoisotopic (exact) mass is 229 g/mol. The first-order valence-corrected chi connectivity index (χ1v) is 5.26. The largest absolute Gasteiger partial charge is 0.480 e. The van der Waals surface area contributed by atoms with Crippen LogP contribution in [-0.4, -0.2) is 17.8 Å². The molecule has 0 unspecified atom stereocenters. The average molecular weight is 230 g/mol. The van der Waals surface area contributed by atoms with Crippen LogP contribution in [0.3, 0.4) is 0 Å². The molecule has 14 heavy (non-hydrogen) atoms. The van der Waals surface area contributed by atoms with Gasteiger partial charge in [-0.3, -0.25) is 0 Å². The molecule has 1 aromatic heterocycles. The first-order valence-electron chi connectivity index (χ1n) is 4.25. The molecule has 1 heterocycles. The normalized spacial score (nSPS) is 10.8. The lowest BCUT2D eigenvalue weighted by Gasteiger charge is -2.01. The highest BCUT2D eigenvalue weighted by atomic mass is 35.5. The van der Waals surface area contributed by atoms with Crippen LogP contribution in [0.4, 0.5) is 0 Å². The Bertz CT molecular complexity index is 328. The summed E-state index contributed by atoms with van der Waals surface area (Å²) in [6.45, 7) is 0. The van der Waals surface area contributed by atoms with E-state index in [-0.39, 0.29) is 0 Å². The van der Waals surface area contributed by atoms with Gasteiger partial charge in [0.25, 0.3) is 0 Å². The van der Waals surface area contributed by atoms with Crippen LogP contribution in [-0.2, 0) is 0 Å². The molecule has 2 nitrogen and oxygen atoms in total. The van der Waals surface area contributed by atoms with Crippen LogP contribution in [0.2, 0.25) is 5.02 Å². The van der Waals surface area contributed by atoms with Gasteiger partial charge in [-0.15, -0.1) is 0 Å². The molecule has 0 spiro atoms. The first kappa shape index (κ1) is 11.4. The van der Waals surface area contributed by atoms with E-state index < -0.39 is 0 Å². The second-order valence-corrected chi connectivity index (χ2v) is 3.53. The van der Waals surface area contributed by atoms with Crippen molar-refractivity contribution in [3.05, 3.63) is 28.9 Å². The van der Waals surface area contributed by atoms with Crippen molar-refractivity contribution in [3.63, 3.8) is 0 Å². The van der Waals surface area contributed by atoms with Gasteiger partial charge in [0.05, 0.1) is 7.11 Å². The lowest BCUT2D eigenvalue weighted by molar-refractivity contribution is 0.398. The Balaban J connectivity index is 2.76. The molecule has 1 rings (SSSR count). The first-order chi connectivity index (χ1) is 6.77. The van der Waals surface area contributed by atoms with Gasteiger partial charge in [0.1, 0.15) is 5.02 Å². The number of aromatic nitrogens is 1. The van der Waals surface area contributed by atoms with E-state index in [1.54, 1.807) is 13.3 Å². The summed E-state index contributed by atoms with van der Waals surface area (Å²) in [4.78, 5) is 4.05. The Morgan fingerprint density at radius 3 is 3.00 bits per heavy atom. The molecular formula is C10H12ClNOS. The summed E-state index contributed by atoms with van der Waals surface area (Å²) < 4.78 is 4.95. The molecule has 76 valence electrons. The van der Waals surface area contributed by atoms with Crippen LogP contribution >= 0.6 is 24.2 Å². The second-order valence-electron chi connectivity index (χ2n) is 2.67. The molecule has 0 radical (unpaired) electrons. The van der Waals surface area contributed by atoms with Crippen LogP contribution in [0.25, 0.3) is 6.08 Å². The summed E-state index contributed by atoms with van der Waals surface area (Å²) in [6.07, 6.45) is 6.66. The maximum absolute atomic E-state index is 5.91.